The molecule has 2 aromatic heterocycles. The van der Waals surface area contributed by atoms with E-state index >= 15 is 0 Å². The van der Waals surface area contributed by atoms with Crippen LogP contribution in [0.1, 0.15) is 23.6 Å². The van der Waals surface area contributed by atoms with E-state index in [-0.39, 0.29) is 5.41 Å². The van der Waals surface area contributed by atoms with Crippen LogP contribution in [0.2, 0.25) is 0 Å². The van der Waals surface area contributed by atoms with Crippen LogP contribution in [0.3, 0.4) is 0 Å². The average Bonchev–Trinajstić information content (AvgIpc) is 3.91. The SMILES string of the molecule is CC12c3ccccc3-c3cccc(c31)-c1c3ccccc3c(-c3ccc4oc5cc6oc7ccccc7c6cc5c4c3)c3ccc(-c4cccc5ccccc45)c2c13. The number of rotatable bonds is 2. The predicted octanol–water partition coefficient (Wildman–Crippen LogP) is 15.6. The van der Waals surface area contributed by atoms with Gasteiger partial charge >= 0.3 is 0 Å². The van der Waals surface area contributed by atoms with Gasteiger partial charge in [0.25, 0.3) is 0 Å². The lowest BCUT2D eigenvalue weighted by Crippen LogP contribution is -2.27. The first-order chi connectivity index (χ1) is 28.6. The fraction of sp³-hybridized carbons (Fsp3) is 0.0357. The van der Waals surface area contributed by atoms with Crippen molar-refractivity contribution in [2.75, 3.05) is 0 Å². The summed E-state index contributed by atoms with van der Waals surface area (Å²) in [5, 5.41) is 12.1. The largest absolute Gasteiger partial charge is 0.456 e. The Morgan fingerprint density at radius 1 is 0.345 bits per heavy atom. The van der Waals surface area contributed by atoms with Gasteiger partial charge in [-0.25, -0.2) is 0 Å². The molecular weight excluding hydrogens is 705 g/mol. The number of hydrogen-bond donors (Lipinski definition) is 0. The maximum Gasteiger partial charge on any atom is 0.139 e. The van der Waals surface area contributed by atoms with Gasteiger partial charge in [0.1, 0.15) is 22.3 Å². The van der Waals surface area contributed by atoms with E-state index in [9.17, 15) is 0 Å². The van der Waals surface area contributed by atoms with Crippen LogP contribution in [0.25, 0.3) is 121 Å². The van der Waals surface area contributed by atoms with E-state index in [4.69, 9.17) is 8.83 Å². The Morgan fingerprint density at radius 3 is 1.83 bits per heavy atom. The summed E-state index contributed by atoms with van der Waals surface area (Å²) in [4.78, 5) is 0. The second-order valence-corrected chi connectivity index (χ2v) is 16.4. The number of para-hydroxylation sites is 1. The first kappa shape index (κ1) is 30.8. The number of fused-ring (bicyclic) bond motifs is 14. The summed E-state index contributed by atoms with van der Waals surface area (Å²) >= 11 is 0. The average molecular weight is 737 g/mol. The first-order valence-corrected chi connectivity index (χ1v) is 20.2. The Hall–Kier alpha value is -7.42. The highest BCUT2D eigenvalue weighted by molar-refractivity contribution is 6.27. The van der Waals surface area contributed by atoms with E-state index in [2.05, 4.69) is 171 Å². The summed E-state index contributed by atoms with van der Waals surface area (Å²) in [7, 11) is 0. The summed E-state index contributed by atoms with van der Waals surface area (Å²) in [6.45, 7) is 2.49. The molecule has 0 aliphatic heterocycles. The molecule has 0 saturated heterocycles. The minimum Gasteiger partial charge on any atom is -0.456 e. The van der Waals surface area contributed by atoms with Crippen molar-refractivity contribution in [3.05, 3.63) is 193 Å². The molecule has 2 heteroatoms. The van der Waals surface area contributed by atoms with E-state index in [0.717, 1.165) is 43.9 Å². The number of furan rings is 2. The Bertz CT molecular complexity index is 3810. The van der Waals surface area contributed by atoms with Crippen molar-refractivity contribution in [2.24, 2.45) is 0 Å². The molecule has 1 unspecified atom stereocenters. The molecule has 0 saturated carbocycles. The van der Waals surface area contributed by atoms with Gasteiger partial charge < -0.3 is 8.83 Å². The number of hydrogen-bond acceptors (Lipinski definition) is 2. The molecule has 2 aliphatic carbocycles. The summed E-state index contributed by atoms with van der Waals surface area (Å²) in [5.74, 6) is 0. The minimum atomic E-state index is -0.384. The van der Waals surface area contributed by atoms with E-state index < -0.39 is 0 Å². The summed E-state index contributed by atoms with van der Waals surface area (Å²) in [6.07, 6.45) is 0. The maximum absolute atomic E-state index is 6.55. The van der Waals surface area contributed by atoms with E-state index in [1.807, 2.05) is 12.1 Å². The molecule has 12 aromatic rings. The van der Waals surface area contributed by atoms with Gasteiger partial charge in [0.2, 0.25) is 0 Å². The van der Waals surface area contributed by atoms with Crippen molar-refractivity contribution >= 4 is 76.2 Å². The Balaban J connectivity index is 1.15. The summed E-state index contributed by atoms with van der Waals surface area (Å²) in [5.41, 5.74) is 17.6. The van der Waals surface area contributed by atoms with Crippen molar-refractivity contribution in [3.63, 3.8) is 0 Å². The first-order valence-electron chi connectivity index (χ1n) is 20.2. The van der Waals surface area contributed by atoms with Crippen LogP contribution in [0.5, 0.6) is 0 Å². The Labute approximate surface area is 333 Å². The third-order valence-electron chi connectivity index (χ3n) is 13.6. The van der Waals surface area contributed by atoms with Crippen molar-refractivity contribution in [1.82, 2.24) is 0 Å². The molecule has 0 spiro atoms. The predicted molar refractivity (Wildman–Crippen MR) is 241 cm³/mol. The lowest BCUT2D eigenvalue weighted by atomic mass is 9.63. The monoisotopic (exact) mass is 736 g/mol. The molecule has 10 aromatic carbocycles. The highest BCUT2D eigenvalue weighted by atomic mass is 16.3. The van der Waals surface area contributed by atoms with E-state index in [1.165, 1.54) is 93.5 Å². The van der Waals surface area contributed by atoms with Gasteiger partial charge in [0.05, 0.1) is 0 Å². The Kier molecular flexibility index (Phi) is 5.67. The molecule has 0 bridgehead atoms. The van der Waals surface area contributed by atoms with Gasteiger partial charge in [-0.05, 0) is 125 Å². The van der Waals surface area contributed by atoms with Gasteiger partial charge in [0, 0.05) is 33.0 Å². The summed E-state index contributed by atoms with van der Waals surface area (Å²) in [6, 6.07) is 65.0. The molecule has 2 aliphatic rings. The third-order valence-corrected chi connectivity index (χ3v) is 13.6. The third kappa shape index (κ3) is 3.69. The minimum absolute atomic E-state index is 0.384. The van der Waals surface area contributed by atoms with Gasteiger partial charge in [0.15, 0.2) is 0 Å². The van der Waals surface area contributed by atoms with Crippen LogP contribution >= 0.6 is 0 Å². The second kappa shape index (κ2) is 10.7. The molecule has 0 N–H and O–H groups in total. The summed E-state index contributed by atoms with van der Waals surface area (Å²) < 4.78 is 12.8. The van der Waals surface area contributed by atoms with Crippen LogP contribution < -0.4 is 0 Å². The highest BCUT2D eigenvalue weighted by Crippen LogP contribution is 2.64. The van der Waals surface area contributed by atoms with Crippen LogP contribution in [0.15, 0.2) is 185 Å². The van der Waals surface area contributed by atoms with Crippen LogP contribution in [0, 0.1) is 0 Å². The zero-order chi connectivity index (χ0) is 37.9. The van der Waals surface area contributed by atoms with Crippen LogP contribution in [0.4, 0.5) is 0 Å². The molecule has 2 heterocycles. The van der Waals surface area contributed by atoms with Gasteiger partial charge in [-0.3, -0.25) is 0 Å². The standard InChI is InChI=1S/C56H32O2/c1-56-46-22-8-6-15-35(46)39-20-11-21-42(54(39)56)52-38-18-5-4-17-37(38)51(41-26-25-40(55(56)53(41)52)34-19-10-13-31-12-2-3-14-33(31)34)32-24-27-48-43(28-32)45-29-44-36-16-7-9-23-47(36)57-49(44)30-50(45)58-48/h2-30H,1H3. The van der Waals surface area contributed by atoms with E-state index in [1.54, 1.807) is 0 Å². The van der Waals surface area contributed by atoms with Crippen molar-refractivity contribution in [3.8, 4) is 44.5 Å². The normalized spacial score (nSPS) is 15.4. The molecular formula is C56H32O2. The molecule has 268 valence electrons. The molecule has 2 nitrogen and oxygen atoms in total. The second-order valence-electron chi connectivity index (χ2n) is 16.4. The van der Waals surface area contributed by atoms with Crippen molar-refractivity contribution in [1.29, 1.82) is 0 Å². The molecule has 1 atom stereocenters. The molecule has 0 amide bonds. The van der Waals surface area contributed by atoms with Crippen molar-refractivity contribution in [2.45, 2.75) is 12.3 Å². The van der Waals surface area contributed by atoms with Gasteiger partial charge in [-0.2, -0.15) is 0 Å². The van der Waals surface area contributed by atoms with E-state index in [0.29, 0.717) is 0 Å². The fourth-order valence-electron chi connectivity index (χ4n) is 11.3. The van der Waals surface area contributed by atoms with Crippen LogP contribution in [-0.4, -0.2) is 0 Å². The molecule has 14 rings (SSSR count). The molecule has 0 radical (unpaired) electrons. The zero-order valence-electron chi connectivity index (χ0n) is 31.6. The van der Waals surface area contributed by atoms with Gasteiger partial charge in [-0.15, -0.1) is 0 Å². The number of benzene rings is 10. The topological polar surface area (TPSA) is 26.3 Å². The smallest absolute Gasteiger partial charge is 0.139 e. The quantitative estimate of drug-likeness (QED) is 0.165. The fourth-order valence-corrected chi connectivity index (χ4v) is 11.3. The highest BCUT2D eigenvalue weighted by Gasteiger charge is 2.48. The lowest BCUT2D eigenvalue weighted by molar-refractivity contribution is 0.656. The molecule has 0 fully saturated rings. The Morgan fingerprint density at radius 2 is 0.948 bits per heavy atom. The van der Waals surface area contributed by atoms with Gasteiger partial charge in [-0.1, -0.05) is 146 Å². The van der Waals surface area contributed by atoms with Crippen LogP contribution in [-0.2, 0) is 5.41 Å². The van der Waals surface area contributed by atoms with Crippen molar-refractivity contribution < 1.29 is 8.83 Å². The maximum atomic E-state index is 6.55. The molecule has 58 heavy (non-hydrogen) atoms. The zero-order valence-corrected chi connectivity index (χ0v) is 31.6. The lowest BCUT2D eigenvalue weighted by Gasteiger charge is -2.39.